The molecule has 1 saturated heterocycles. The molecule has 1 aliphatic heterocycles. The first-order valence-corrected chi connectivity index (χ1v) is 6.93. The number of hydrogen-bond acceptors (Lipinski definition) is 3. The molecule has 1 atom stereocenters. The molecule has 0 saturated carbocycles. The average Bonchev–Trinajstić information content (AvgIpc) is 2.84. The molecule has 1 aromatic rings. The molecule has 19 heavy (non-hydrogen) atoms. The molecule has 4 heteroatoms. The third kappa shape index (κ3) is 3.96. The zero-order valence-corrected chi connectivity index (χ0v) is 11.8. The van der Waals surface area contributed by atoms with Crippen molar-refractivity contribution in [1.29, 1.82) is 0 Å². The molecule has 1 heterocycles. The van der Waals surface area contributed by atoms with E-state index in [-0.39, 0.29) is 5.91 Å². The minimum atomic E-state index is 0.0171. The van der Waals surface area contributed by atoms with Crippen LogP contribution in [-0.4, -0.2) is 44.5 Å². The van der Waals surface area contributed by atoms with Gasteiger partial charge in [-0.2, -0.15) is 0 Å². The lowest BCUT2D eigenvalue weighted by molar-refractivity contribution is 0.0951. The van der Waals surface area contributed by atoms with Crippen LogP contribution in [0.3, 0.4) is 0 Å². The summed E-state index contributed by atoms with van der Waals surface area (Å²) in [6, 6.07) is 7.57. The van der Waals surface area contributed by atoms with E-state index in [9.17, 15) is 4.79 Å². The molecule has 1 aromatic carbocycles. The Morgan fingerprint density at radius 1 is 1.47 bits per heavy atom. The Labute approximate surface area is 115 Å². The van der Waals surface area contributed by atoms with Crippen molar-refractivity contribution in [2.75, 3.05) is 39.0 Å². The van der Waals surface area contributed by atoms with E-state index in [0.717, 1.165) is 36.7 Å². The average molecular weight is 261 g/mol. The lowest BCUT2D eigenvalue weighted by atomic mass is 10.1. The molecular formula is C15H23N3O. The van der Waals surface area contributed by atoms with Crippen molar-refractivity contribution in [3.05, 3.63) is 29.8 Å². The second-order valence-electron chi connectivity index (χ2n) is 5.29. The molecule has 0 aliphatic carbocycles. The van der Waals surface area contributed by atoms with Gasteiger partial charge < -0.3 is 15.5 Å². The summed E-state index contributed by atoms with van der Waals surface area (Å²) in [5.41, 5.74) is 1.68. The maximum atomic E-state index is 12.0. The number of benzene rings is 1. The maximum absolute atomic E-state index is 12.0. The largest absolute Gasteiger partial charge is 0.388 e. The molecule has 2 N–H and O–H groups in total. The van der Waals surface area contributed by atoms with Crippen LogP contribution < -0.4 is 10.6 Å². The predicted molar refractivity (Wildman–Crippen MR) is 78.5 cm³/mol. The van der Waals surface area contributed by atoms with Gasteiger partial charge >= 0.3 is 0 Å². The van der Waals surface area contributed by atoms with E-state index in [1.165, 1.54) is 13.0 Å². The summed E-state index contributed by atoms with van der Waals surface area (Å²) in [6.45, 7) is 3.11. The summed E-state index contributed by atoms with van der Waals surface area (Å²) in [7, 11) is 4.01. The Morgan fingerprint density at radius 3 is 3.00 bits per heavy atom. The van der Waals surface area contributed by atoms with E-state index in [0.29, 0.717) is 0 Å². The standard InChI is InChI=1S/C15H23N3O/c1-16-14-5-3-4-13(10-14)15(19)17-8-6-12-7-9-18(2)11-12/h3-5,10,12,16H,6-9,11H2,1-2H3,(H,17,19). The number of nitrogens with one attached hydrogen (secondary N) is 2. The van der Waals surface area contributed by atoms with E-state index in [1.54, 1.807) is 0 Å². The summed E-state index contributed by atoms with van der Waals surface area (Å²) >= 11 is 0. The zero-order chi connectivity index (χ0) is 13.7. The third-order valence-corrected chi connectivity index (χ3v) is 3.74. The van der Waals surface area contributed by atoms with Crippen molar-refractivity contribution < 1.29 is 4.79 Å². The van der Waals surface area contributed by atoms with Crippen LogP contribution in [0.5, 0.6) is 0 Å². The van der Waals surface area contributed by atoms with Crippen LogP contribution in [0, 0.1) is 5.92 Å². The molecule has 0 bridgehead atoms. The summed E-state index contributed by atoms with van der Waals surface area (Å²) in [6.07, 6.45) is 2.32. The van der Waals surface area contributed by atoms with Crippen molar-refractivity contribution in [2.24, 2.45) is 5.92 Å². The second kappa shape index (κ2) is 6.57. The summed E-state index contributed by atoms with van der Waals surface area (Å²) in [5.74, 6) is 0.748. The Kier molecular flexibility index (Phi) is 4.80. The molecular weight excluding hydrogens is 238 g/mol. The number of likely N-dealkylation sites (tertiary alicyclic amines) is 1. The lowest BCUT2D eigenvalue weighted by Gasteiger charge is -2.11. The highest BCUT2D eigenvalue weighted by molar-refractivity contribution is 5.95. The van der Waals surface area contributed by atoms with Gasteiger partial charge in [0, 0.05) is 31.4 Å². The molecule has 0 radical (unpaired) electrons. The van der Waals surface area contributed by atoms with E-state index < -0.39 is 0 Å². The van der Waals surface area contributed by atoms with Crippen molar-refractivity contribution in [3.63, 3.8) is 0 Å². The van der Waals surface area contributed by atoms with Crippen LogP contribution in [0.1, 0.15) is 23.2 Å². The van der Waals surface area contributed by atoms with Gasteiger partial charge in [0.05, 0.1) is 0 Å². The Balaban J connectivity index is 1.77. The van der Waals surface area contributed by atoms with Crippen molar-refractivity contribution >= 4 is 11.6 Å². The van der Waals surface area contributed by atoms with E-state index >= 15 is 0 Å². The maximum Gasteiger partial charge on any atom is 0.251 e. The Bertz CT molecular complexity index is 433. The highest BCUT2D eigenvalue weighted by Gasteiger charge is 2.19. The fourth-order valence-corrected chi connectivity index (χ4v) is 2.57. The molecule has 1 amide bonds. The van der Waals surface area contributed by atoms with Gasteiger partial charge in [-0.3, -0.25) is 4.79 Å². The monoisotopic (exact) mass is 261 g/mol. The molecule has 1 aliphatic rings. The highest BCUT2D eigenvalue weighted by Crippen LogP contribution is 2.17. The first kappa shape index (κ1) is 13.9. The van der Waals surface area contributed by atoms with Gasteiger partial charge in [0.2, 0.25) is 0 Å². The lowest BCUT2D eigenvalue weighted by Crippen LogP contribution is -2.26. The predicted octanol–water partition coefficient (Wildman–Crippen LogP) is 1.80. The number of anilines is 1. The molecule has 1 fully saturated rings. The molecule has 2 rings (SSSR count). The van der Waals surface area contributed by atoms with Crippen molar-refractivity contribution in [2.45, 2.75) is 12.8 Å². The van der Waals surface area contributed by atoms with E-state index in [4.69, 9.17) is 0 Å². The van der Waals surface area contributed by atoms with Crippen LogP contribution in [0.4, 0.5) is 5.69 Å². The number of carbonyl (C=O) groups excluding carboxylic acids is 1. The summed E-state index contributed by atoms with van der Waals surface area (Å²) in [4.78, 5) is 14.4. The number of hydrogen-bond donors (Lipinski definition) is 2. The number of nitrogens with zero attached hydrogens (tertiary/aromatic N) is 1. The SMILES string of the molecule is CNc1cccc(C(=O)NCCC2CCN(C)C2)c1. The summed E-state index contributed by atoms with van der Waals surface area (Å²) in [5, 5.41) is 6.05. The minimum Gasteiger partial charge on any atom is -0.388 e. The van der Waals surface area contributed by atoms with Crippen LogP contribution in [-0.2, 0) is 0 Å². The molecule has 0 aromatic heterocycles. The highest BCUT2D eigenvalue weighted by atomic mass is 16.1. The molecule has 104 valence electrons. The van der Waals surface area contributed by atoms with E-state index in [1.807, 2.05) is 31.3 Å². The quantitative estimate of drug-likeness (QED) is 0.849. The van der Waals surface area contributed by atoms with Gasteiger partial charge in [-0.15, -0.1) is 0 Å². The Hall–Kier alpha value is -1.55. The van der Waals surface area contributed by atoms with Gasteiger partial charge in [0.25, 0.3) is 5.91 Å². The first-order chi connectivity index (χ1) is 9.19. The normalized spacial score (nSPS) is 19.4. The molecule has 1 unspecified atom stereocenters. The number of rotatable bonds is 5. The van der Waals surface area contributed by atoms with Crippen LogP contribution >= 0.6 is 0 Å². The first-order valence-electron chi connectivity index (χ1n) is 6.93. The minimum absolute atomic E-state index is 0.0171. The van der Waals surface area contributed by atoms with Crippen LogP contribution in [0.25, 0.3) is 0 Å². The Morgan fingerprint density at radius 2 is 2.32 bits per heavy atom. The second-order valence-corrected chi connectivity index (χ2v) is 5.29. The summed E-state index contributed by atoms with van der Waals surface area (Å²) < 4.78 is 0. The molecule has 0 spiro atoms. The van der Waals surface area contributed by atoms with Crippen LogP contribution in [0.15, 0.2) is 24.3 Å². The van der Waals surface area contributed by atoms with Gasteiger partial charge in [-0.05, 0) is 50.6 Å². The van der Waals surface area contributed by atoms with Gasteiger partial charge in [0.15, 0.2) is 0 Å². The molecule has 4 nitrogen and oxygen atoms in total. The van der Waals surface area contributed by atoms with E-state index in [2.05, 4.69) is 22.6 Å². The van der Waals surface area contributed by atoms with Crippen molar-refractivity contribution in [1.82, 2.24) is 10.2 Å². The van der Waals surface area contributed by atoms with Crippen molar-refractivity contribution in [3.8, 4) is 0 Å². The van der Waals surface area contributed by atoms with Gasteiger partial charge in [-0.25, -0.2) is 0 Å². The fourth-order valence-electron chi connectivity index (χ4n) is 2.57. The van der Waals surface area contributed by atoms with Gasteiger partial charge in [0.1, 0.15) is 0 Å². The number of amides is 1. The van der Waals surface area contributed by atoms with Crippen LogP contribution in [0.2, 0.25) is 0 Å². The smallest absolute Gasteiger partial charge is 0.251 e. The topological polar surface area (TPSA) is 44.4 Å². The third-order valence-electron chi connectivity index (χ3n) is 3.74. The fraction of sp³-hybridized carbons (Fsp3) is 0.533. The number of carbonyl (C=O) groups is 1. The zero-order valence-electron chi connectivity index (χ0n) is 11.8. The van der Waals surface area contributed by atoms with Gasteiger partial charge in [-0.1, -0.05) is 6.07 Å².